The number of aryl methyl sites for hydroxylation is 4. The number of rotatable bonds is 22. The Kier molecular flexibility index (Phi) is 29.0. The van der Waals surface area contributed by atoms with Gasteiger partial charge in [0.2, 0.25) is 27.9 Å². The lowest BCUT2D eigenvalue weighted by atomic mass is 10.1. The topological polar surface area (TPSA) is 442 Å². The summed E-state index contributed by atoms with van der Waals surface area (Å²) in [7, 11) is 2.75. The van der Waals surface area contributed by atoms with Crippen molar-refractivity contribution in [2.45, 2.75) is 78.2 Å². The van der Waals surface area contributed by atoms with Crippen LogP contribution >= 0.6 is 0 Å². The van der Waals surface area contributed by atoms with Gasteiger partial charge >= 0.3 is 31.0 Å². The number of benzene rings is 1. The Hall–Kier alpha value is -14.4. The van der Waals surface area contributed by atoms with Crippen LogP contribution < -0.4 is 30.7 Å². The number of anilines is 5. The highest BCUT2D eigenvalue weighted by Gasteiger charge is 2.27. The summed E-state index contributed by atoms with van der Waals surface area (Å²) in [6, 6.07) is 8.41. The van der Waals surface area contributed by atoms with Gasteiger partial charge in [0, 0.05) is 58.5 Å². The van der Waals surface area contributed by atoms with E-state index in [0.717, 1.165) is 55.4 Å². The Labute approximate surface area is 659 Å². The third-order valence-electron chi connectivity index (χ3n) is 15.8. The van der Waals surface area contributed by atoms with E-state index in [9.17, 15) is 81.0 Å². The van der Waals surface area contributed by atoms with E-state index in [-0.39, 0.29) is 91.4 Å². The first-order chi connectivity index (χ1) is 55.9. The van der Waals surface area contributed by atoms with Crippen LogP contribution in [-0.4, -0.2) is 145 Å². The number of pyridine rings is 3. The van der Waals surface area contributed by atoms with Gasteiger partial charge in [-0.3, -0.25) is 44.7 Å². The van der Waals surface area contributed by atoms with Crippen LogP contribution in [0.25, 0.3) is 45.6 Å². The summed E-state index contributed by atoms with van der Waals surface area (Å²) in [5.41, 5.74) is 1.52. The number of sulfonamides is 1. The Bertz CT molecular complexity index is 5460. The van der Waals surface area contributed by atoms with Gasteiger partial charge in [-0.25, -0.2) is 109 Å². The minimum Gasteiger partial charge on any atom is -0.441 e. The molecule has 6 N–H and O–H groups in total. The van der Waals surface area contributed by atoms with Crippen molar-refractivity contribution in [2.24, 2.45) is 28.2 Å². The van der Waals surface area contributed by atoms with E-state index in [0.29, 0.717) is 34.6 Å². The van der Waals surface area contributed by atoms with Crippen LogP contribution in [-0.2, 0) is 57.2 Å². The Balaban J connectivity index is 0.000000179. The third-order valence-corrected chi connectivity index (χ3v) is 16.4. The van der Waals surface area contributed by atoms with Gasteiger partial charge < -0.3 is 28.8 Å². The summed E-state index contributed by atoms with van der Waals surface area (Å²) in [6.07, 6.45) is 7.05. The van der Waals surface area contributed by atoms with Gasteiger partial charge in [0.1, 0.15) is 71.0 Å². The zero-order valence-electron chi connectivity index (χ0n) is 62.7. The van der Waals surface area contributed by atoms with Gasteiger partial charge in [0.05, 0.1) is 131 Å². The van der Waals surface area contributed by atoms with E-state index in [1.54, 1.807) is 34.0 Å². The number of carbonyl (C=O) groups excluding carboxylic acids is 4. The number of nitrogens with zero attached hydrogens (tertiary/aromatic N) is 19. The highest BCUT2D eigenvalue weighted by atomic mass is 32.2. The second-order valence-corrected chi connectivity index (χ2v) is 26.2. The minimum absolute atomic E-state index is 0.0474. The number of halogens is 11. The fraction of sp³-hybridized carbons (Fsp3) is 0.243. The van der Waals surface area contributed by atoms with Gasteiger partial charge in [-0.1, -0.05) is 12.1 Å². The van der Waals surface area contributed by atoms with Crippen LogP contribution in [0.2, 0.25) is 0 Å². The SMILES string of the molecule is CC(O)c1cnc(-c2cnn(C)c2NC(=O)O[C@H](C)c2cc(F)cnc2F)nc1.C[C@@H](OC(=O)Nc1c(-c2ncc(C(F)F)cn2)cnn1C)c1cc(F)cnc1F.C[C@@H](OC(=O)Nc1c(-c2ncc(NS(C)(=O)=O)cn2)cnn1C)c1cccc(F)c1.C[C@@H](OC(=O)Nc1c(-c2ncc(OC(F)F)cn2)cnn1C)c1cc(F)cnc1F. The number of ether oxygens (including phenoxy) is 5. The Morgan fingerprint density at radius 3 is 1.02 bits per heavy atom. The van der Waals surface area contributed by atoms with E-state index < -0.39 is 119 Å². The van der Waals surface area contributed by atoms with Gasteiger partial charge in [-0.05, 0) is 70.5 Å². The zero-order valence-corrected chi connectivity index (χ0v) is 63.6. The van der Waals surface area contributed by atoms with Crippen molar-refractivity contribution in [1.82, 2.24) is 93.9 Å². The molecule has 11 heterocycles. The number of hydrogen-bond donors (Lipinski definition) is 6. The van der Waals surface area contributed by atoms with Crippen LogP contribution in [0.5, 0.6) is 5.75 Å². The smallest absolute Gasteiger partial charge is 0.413 e. The number of carbonyl (C=O) groups is 4. The number of amides is 4. The summed E-state index contributed by atoms with van der Waals surface area (Å²) in [6.45, 7) is 4.26. The van der Waals surface area contributed by atoms with Gasteiger partial charge in [-0.2, -0.15) is 42.3 Å². The lowest BCUT2D eigenvalue weighted by molar-refractivity contribution is -0.0503. The van der Waals surface area contributed by atoms with Crippen LogP contribution in [0.15, 0.2) is 135 Å². The molecular formula is C70H65F11N24O12S. The van der Waals surface area contributed by atoms with Gasteiger partial charge in [-0.15, -0.1) is 0 Å². The molecule has 0 bridgehead atoms. The monoisotopic (exact) mass is 1670 g/mol. The van der Waals surface area contributed by atoms with Crippen molar-refractivity contribution in [3.63, 3.8) is 0 Å². The molecule has 1 aromatic carbocycles. The van der Waals surface area contributed by atoms with Crippen LogP contribution in [0.4, 0.5) is 96.4 Å². The third kappa shape index (κ3) is 23.9. The summed E-state index contributed by atoms with van der Waals surface area (Å²) >= 11 is 0. The summed E-state index contributed by atoms with van der Waals surface area (Å²) in [4.78, 5) is 90.9. The molecule has 620 valence electrons. The van der Waals surface area contributed by atoms with Crippen LogP contribution in [0.3, 0.4) is 0 Å². The highest BCUT2D eigenvalue weighted by Crippen LogP contribution is 2.33. The van der Waals surface area contributed by atoms with Crippen molar-refractivity contribution in [2.75, 3.05) is 32.2 Å². The normalized spacial score (nSPS) is 12.3. The zero-order chi connectivity index (χ0) is 86.0. The number of alkyl halides is 4. The quantitative estimate of drug-likeness (QED) is 0.0208. The number of nitrogens with one attached hydrogen (secondary N) is 5. The predicted molar refractivity (Wildman–Crippen MR) is 391 cm³/mol. The molecule has 1 unspecified atom stereocenters. The highest BCUT2D eigenvalue weighted by molar-refractivity contribution is 7.92. The standard InChI is InChI=1S/C18H18F2N6O3.C18H19FN6O4S.C17H14F4N6O3.C17H14F4N6O2/c1-9(27)11-5-22-16(23-6-11)14-8-24-26(3)17(14)25-18(28)29-10(2)13-4-12(19)7-21-15(13)20;1-11(12-5-4-6-13(19)7-12)29-18(26)23-17-15(10-22-25(17)2)16-20-8-14(9-21-16)24-30(3,27)28;1-8(11-3-9(18)4-22-13(11)19)29-17(28)26-15-12(7-25-27(15)2)14-23-5-10(6-24-14)30-16(20)21;1-8(11-3-10(18)6-22-14(11)21)29-17(28)26-16-12(7-25-27(16)2)15-23-4-9(5-24-15)13(19)20/h4-10,27H,1-3H3,(H,25,28);4-11,24H,1-3H3,(H,23,26);3-8,16H,1-2H3,(H,26,28);3-8,13H,1-2H3,(H,26,28)/t9?,10-;11-;2*8-/m1111/s1. The first-order valence-electron chi connectivity index (χ1n) is 33.7. The summed E-state index contributed by atoms with van der Waals surface area (Å²) < 4.78 is 199. The maximum absolute atomic E-state index is 13.7. The summed E-state index contributed by atoms with van der Waals surface area (Å²) in [5.74, 6) is -4.52. The van der Waals surface area contributed by atoms with E-state index >= 15 is 0 Å². The molecule has 48 heteroatoms. The molecule has 11 aromatic heterocycles. The molecule has 0 aliphatic carbocycles. The van der Waals surface area contributed by atoms with Crippen LogP contribution in [0.1, 0.15) is 105 Å². The van der Waals surface area contributed by atoms with Crippen molar-refractivity contribution < 1.29 is 105 Å². The van der Waals surface area contributed by atoms with Crippen LogP contribution in [0, 0.1) is 41.1 Å². The molecule has 0 spiro atoms. The average Bonchev–Trinajstić information content (AvgIpc) is 1.81. The summed E-state index contributed by atoms with van der Waals surface area (Å²) in [5, 5.41) is 35.5. The van der Waals surface area contributed by atoms with Crippen molar-refractivity contribution in [1.29, 1.82) is 0 Å². The molecule has 4 amide bonds. The molecule has 0 aliphatic heterocycles. The molecule has 12 rings (SSSR count). The number of aromatic nitrogens is 19. The maximum atomic E-state index is 13.7. The second kappa shape index (κ2) is 39.1. The molecule has 0 aliphatic rings. The molecule has 118 heavy (non-hydrogen) atoms. The van der Waals surface area contributed by atoms with E-state index in [4.69, 9.17) is 18.9 Å². The first-order valence-corrected chi connectivity index (χ1v) is 35.6. The second-order valence-electron chi connectivity index (χ2n) is 24.4. The Morgan fingerprint density at radius 2 is 0.712 bits per heavy atom. The number of aliphatic hydroxyl groups excluding tert-OH is 1. The van der Waals surface area contributed by atoms with Crippen molar-refractivity contribution in [3.8, 4) is 51.3 Å². The van der Waals surface area contributed by atoms with E-state index in [1.165, 1.54) is 121 Å². The van der Waals surface area contributed by atoms with E-state index in [1.807, 2.05) is 0 Å². The average molecular weight is 1680 g/mol. The minimum atomic E-state index is -3.46. The lowest BCUT2D eigenvalue weighted by Gasteiger charge is -2.15. The number of aliphatic hydroxyl groups is 1. The molecular weight excluding hydrogens is 1610 g/mol. The van der Waals surface area contributed by atoms with Gasteiger partial charge in [0.25, 0.3) is 6.43 Å². The molecule has 36 nitrogen and oxygen atoms in total. The van der Waals surface area contributed by atoms with E-state index in [2.05, 4.69) is 106 Å². The Morgan fingerprint density at radius 1 is 0.398 bits per heavy atom. The molecule has 0 radical (unpaired) electrons. The maximum Gasteiger partial charge on any atom is 0.413 e. The van der Waals surface area contributed by atoms with Crippen molar-refractivity contribution in [3.05, 3.63) is 210 Å². The molecule has 0 fully saturated rings. The lowest BCUT2D eigenvalue weighted by Crippen LogP contribution is -2.19. The largest absolute Gasteiger partial charge is 0.441 e. The molecule has 0 saturated carbocycles. The predicted octanol–water partition coefficient (Wildman–Crippen LogP) is 12.9. The fourth-order valence-electron chi connectivity index (χ4n) is 9.97. The van der Waals surface area contributed by atoms with Gasteiger partial charge in [0.15, 0.2) is 29.0 Å². The first kappa shape index (κ1) is 87.6. The molecule has 0 saturated heterocycles. The van der Waals surface area contributed by atoms with Crippen molar-refractivity contribution >= 4 is 63.4 Å². The fourth-order valence-corrected chi connectivity index (χ4v) is 10.5. The molecule has 5 atom stereocenters. The molecule has 12 aromatic rings. The number of hydrogen-bond acceptors (Lipinski definition) is 27.